The van der Waals surface area contributed by atoms with Gasteiger partial charge in [0.15, 0.2) is 5.82 Å². The van der Waals surface area contributed by atoms with Crippen LogP contribution in [0.2, 0.25) is 0 Å². The number of halogens is 1. The highest BCUT2D eigenvalue weighted by molar-refractivity contribution is 7.93. The van der Waals surface area contributed by atoms with Crippen LogP contribution in [-0.4, -0.2) is 57.8 Å². The second kappa shape index (κ2) is 9.66. The first kappa shape index (κ1) is 24.1. The number of aromatic nitrogens is 6. The Kier molecular flexibility index (Phi) is 6.64. The van der Waals surface area contributed by atoms with Gasteiger partial charge in [-0.1, -0.05) is 11.2 Å². The van der Waals surface area contributed by atoms with E-state index in [0.29, 0.717) is 22.9 Å². The molecule has 0 saturated heterocycles. The van der Waals surface area contributed by atoms with Crippen molar-refractivity contribution in [3.63, 3.8) is 0 Å². The molecule has 0 aliphatic rings. The predicted molar refractivity (Wildman–Crippen MR) is 122 cm³/mol. The third kappa shape index (κ3) is 4.91. The van der Waals surface area contributed by atoms with Crippen LogP contribution in [0.1, 0.15) is 18.4 Å². The van der Waals surface area contributed by atoms with Crippen LogP contribution < -0.4 is 14.2 Å². The molecule has 4 rings (SSSR count). The third-order valence-corrected chi connectivity index (χ3v) is 6.74. The van der Waals surface area contributed by atoms with Crippen LogP contribution in [0.25, 0.3) is 17.3 Å². The molecule has 184 valence electrons. The fourth-order valence-corrected chi connectivity index (χ4v) is 4.24. The molecule has 3 aromatic heterocycles. The van der Waals surface area contributed by atoms with E-state index >= 15 is 0 Å². The zero-order chi connectivity index (χ0) is 25.2. The summed E-state index contributed by atoms with van der Waals surface area (Å²) < 4.78 is 59.8. The van der Waals surface area contributed by atoms with Crippen molar-refractivity contribution in [2.75, 3.05) is 18.9 Å². The van der Waals surface area contributed by atoms with Gasteiger partial charge in [-0.05, 0) is 26.0 Å². The van der Waals surface area contributed by atoms with E-state index in [2.05, 4.69) is 30.0 Å². The van der Waals surface area contributed by atoms with Gasteiger partial charge in [0.25, 0.3) is 0 Å². The van der Waals surface area contributed by atoms with E-state index < -0.39 is 21.1 Å². The van der Waals surface area contributed by atoms with Gasteiger partial charge in [0.05, 0.1) is 37.6 Å². The number of rotatable bonds is 9. The Labute approximate surface area is 200 Å². The molecule has 0 saturated carbocycles. The molecule has 0 aliphatic heterocycles. The second-order valence-electron chi connectivity index (χ2n) is 7.51. The maximum Gasteiger partial charge on any atom is 0.243 e. The van der Waals surface area contributed by atoms with Gasteiger partial charge in [0.1, 0.15) is 23.0 Å². The number of nitrogens with one attached hydrogen (secondary N) is 1. The quantitative estimate of drug-likeness (QED) is 0.361. The highest BCUT2D eigenvalue weighted by Gasteiger charge is 2.29. The van der Waals surface area contributed by atoms with Crippen LogP contribution in [0.3, 0.4) is 0 Å². The predicted octanol–water partition coefficient (Wildman–Crippen LogP) is 2.55. The van der Waals surface area contributed by atoms with Gasteiger partial charge in [-0.15, -0.1) is 10.2 Å². The molecule has 1 atom stereocenters. The Morgan fingerprint density at radius 2 is 1.80 bits per heavy atom. The van der Waals surface area contributed by atoms with Gasteiger partial charge < -0.3 is 14.0 Å². The van der Waals surface area contributed by atoms with Gasteiger partial charge in [-0.25, -0.2) is 22.8 Å². The van der Waals surface area contributed by atoms with Crippen molar-refractivity contribution in [3.8, 4) is 28.8 Å². The number of nitrogens with zero attached hydrogens (tertiary/aromatic N) is 6. The van der Waals surface area contributed by atoms with Crippen molar-refractivity contribution >= 4 is 16.0 Å². The van der Waals surface area contributed by atoms with Crippen LogP contribution >= 0.6 is 0 Å². The molecule has 1 aromatic carbocycles. The zero-order valence-corrected chi connectivity index (χ0v) is 20.1. The van der Waals surface area contributed by atoms with Crippen molar-refractivity contribution in [1.29, 1.82) is 0 Å². The molecular weight excluding hydrogens is 481 g/mol. The lowest BCUT2D eigenvalue weighted by Gasteiger charge is -2.18. The second-order valence-corrected chi connectivity index (χ2v) is 9.60. The lowest BCUT2D eigenvalue weighted by atomic mass is 10.2. The van der Waals surface area contributed by atoms with E-state index in [4.69, 9.17) is 14.0 Å². The summed E-state index contributed by atoms with van der Waals surface area (Å²) in [5, 5.41) is 11.1. The monoisotopic (exact) mass is 503 g/mol. The van der Waals surface area contributed by atoms with Crippen LogP contribution in [0, 0.1) is 12.7 Å². The summed E-state index contributed by atoms with van der Waals surface area (Å²) in [7, 11) is -1.09. The van der Waals surface area contributed by atoms with Crippen LogP contribution in [0.15, 0.2) is 41.2 Å². The Hall–Kier alpha value is -4.07. The number of sulfonamides is 1. The minimum Gasteiger partial charge on any atom is -0.494 e. The van der Waals surface area contributed by atoms with Crippen molar-refractivity contribution in [1.82, 2.24) is 29.9 Å². The number of anilines is 1. The van der Waals surface area contributed by atoms with Crippen molar-refractivity contribution in [2.45, 2.75) is 25.5 Å². The molecule has 35 heavy (non-hydrogen) atoms. The lowest BCUT2D eigenvalue weighted by Crippen LogP contribution is -2.29. The smallest absolute Gasteiger partial charge is 0.243 e. The molecule has 12 nitrogen and oxygen atoms in total. The first-order valence-electron chi connectivity index (χ1n) is 10.3. The maximum atomic E-state index is 13.2. The number of methoxy groups -OCH3 is 2. The standard InChI is InChI=1S/C21H22FN7O5S/c1-12-8-17(34-27-12)20-25-26-21(29(20)19-15(32-3)6-5-7-16(19)33-4)28-35(30,31)13(2)9-18-23-10-14(22)11-24-18/h5-8,10-11,13H,9H2,1-4H3,(H,26,28)/t13-/m1/s1. The number of aryl methyl sites for hydroxylation is 1. The van der Waals surface area contributed by atoms with E-state index in [-0.39, 0.29) is 29.8 Å². The van der Waals surface area contributed by atoms with Crippen LogP contribution in [0.5, 0.6) is 11.5 Å². The minimum atomic E-state index is -4.03. The van der Waals surface area contributed by atoms with E-state index in [1.165, 1.54) is 25.7 Å². The Morgan fingerprint density at radius 3 is 2.37 bits per heavy atom. The molecular formula is C21H22FN7O5S. The molecule has 3 heterocycles. The maximum absolute atomic E-state index is 13.2. The summed E-state index contributed by atoms with van der Waals surface area (Å²) in [5.74, 6) is 0.585. The van der Waals surface area contributed by atoms with E-state index in [9.17, 15) is 12.8 Å². The molecule has 1 N–H and O–H groups in total. The van der Waals surface area contributed by atoms with Gasteiger partial charge in [-0.2, -0.15) is 0 Å². The van der Waals surface area contributed by atoms with Crippen LogP contribution in [0.4, 0.5) is 10.3 Å². The summed E-state index contributed by atoms with van der Waals surface area (Å²) in [6, 6.07) is 6.72. The fourth-order valence-electron chi connectivity index (χ4n) is 3.28. The molecule has 0 amide bonds. The molecule has 4 aromatic rings. The van der Waals surface area contributed by atoms with Gasteiger partial charge in [0, 0.05) is 12.5 Å². The van der Waals surface area contributed by atoms with E-state index in [1.807, 2.05) is 0 Å². The Morgan fingerprint density at radius 1 is 1.14 bits per heavy atom. The Bertz CT molecular complexity index is 1410. The van der Waals surface area contributed by atoms with Crippen LogP contribution in [-0.2, 0) is 16.4 Å². The number of para-hydroxylation sites is 1. The number of ether oxygens (including phenoxy) is 2. The number of hydrogen-bond acceptors (Lipinski definition) is 10. The van der Waals surface area contributed by atoms with Crippen molar-refractivity contribution in [3.05, 3.63) is 54.0 Å². The summed E-state index contributed by atoms with van der Waals surface area (Å²) >= 11 is 0. The number of hydrogen-bond donors (Lipinski definition) is 1. The molecule has 0 spiro atoms. The highest BCUT2D eigenvalue weighted by atomic mass is 32.2. The lowest BCUT2D eigenvalue weighted by molar-refractivity contribution is 0.390. The Balaban J connectivity index is 1.79. The fraction of sp³-hybridized carbons (Fsp3) is 0.286. The molecule has 14 heteroatoms. The molecule has 0 aliphatic carbocycles. The van der Waals surface area contributed by atoms with E-state index in [0.717, 1.165) is 12.4 Å². The molecule has 0 fully saturated rings. The summed E-state index contributed by atoms with van der Waals surface area (Å²) in [6.07, 6.45) is 1.90. The molecule has 0 unspecified atom stereocenters. The summed E-state index contributed by atoms with van der Waals surface area (Å²) in [5.41, 5.74) is 0.940. The van der Waals surface area contributed by atoms with Gasteiger partial charge in [0.2, 0.25) is 27.6 Å². The van der Waals surface area contributed by atoms with E-state index in [1.54, 1.807) is 31.2 Å². The SMILES string of the molecule is COc1cccc(OC)c1-n1c(NS(=O)(=O)[C@H](C)Cc2ncc(F)cn2)nnc1-c1cc(C)no1. The molecule has 0 bridgehead atoms. The largest absolute Gasteiger partial charge is 0.494 e. The zero-order valence-electron chi connectivity index (χ0n) is 19.3. The number of benzene rings is 1. The third-order valence-electron chi connectivity index (χ3n) is 5.04. The van der Waals surface area contributed by atoms with Crippen molar-refractivity contribution < 1.29 is 26.8 Å². The van der Waals surface area contributed by atoms with Gasteiger partial charge >= 0.3 is 0 Å². The summed E-state index contributed by atoms with van der Waals surface area (Å²) in [6.45, 7) is 3.21. The first-order chi connectivity index (χ1) is 16.7. The normalized spacial score (nSPS) is 12.4. The van der Waals surface area contributed by atoms with Crippen molar-refractivity contribution in [2.24, 2.45) is 0 Å². The minimum absolute atomic E-state index is 0.0596. The highest BCUT2D eigenvalue weighted by Crippen LogP contribution is 2.37. The average molecular weight is 504 g/mol. The molecule has 0 radical (unpaired) electrons. The topological polar surface area (TPSA) is 147 Å². The van der Waals surface area contributed by atoms with Gasteiger partial charge in [-0.3, -0.25) is 9.29 Å². The average Bonchev–Trinajstić information content (AvgIpc) is 3.45. The first-order valence-corrected chi connectivity index (χ1v) is 11.9. The summed E-state index contributed by atoms with van der Waals surface area (Å²) in [4.78, 5) is 7.66.